The number of hydrogen-bond donors (Lipinski definition) is 2. The van der Waals surface area contributed by atoms with Crippen molar-refractivity contribution in [1.82, 2.24) is 4.98 Å². The molecule has 26 heavy (non-hydrogen) atoms. The third kappa shape index (κ3) is 3.84. The van der Waals surface area contributed by atoms with Crippen LogP contribution in [0.3, 0.4) is 0 Å². The lowest BCUT2D eigenvalue weighted by molar-refractivity contribution is -0.138. The van der Waals surface area contributed by atoms with Gasteiger partial charge >= 0.3 is 6.18 Å². The maximum atomic E-state index is 13.4. The van der Waals surface area contributed by atoms with Crippen LogP contribution in [0, 0.1) is 11.3 Å². The van der Waals surface area contributed by atoms with Gasteiger partial charge in [0.05, 0.1) is 25.9 Å². The fourth-order valence-electron chi connectivity index (χ4n) is 2.05. The first-order chi connectivity index (χ1) is 12.3. The lowest BCUT2D eigenvalue weighted by Gasteiger charge is -2.13. The number of nitriles is 1. The predicted molar refractivity (Wildman–Crippen MR) is 91.8 cm³/mol. The third-order valence-corrected chi connectivity index (χ3v) is 6.20. The average Bonchev–Trinajstić information content (AvgIpc) is 3.25. The molecule has 0 bridgehead atoms. The Morgan fingerprint density at radius 1 is 1.23 bits per heavy atom. The fraction of sp³-hybridized carbons (Fsp3) is 0.0667. The summed E-state index contributed by atoms with van der Waals surface area (Å²) in [7, 11) is 0. The summed E-state index contributed by atoms with van der Waals surface area (Å²) in [4.78, 5) is 4.78. The molecule has 0 saturated carbocycles. The number of alkyl halides is 3. The number of hydrogen-bond acceptors (Lipinski definition) is 8. The number of aromatic nitrogens is 1. The van der Waals surface area contributed by atoms with Crippen molar-refractivity contribution < 1.29 is 23.6 Å². The maximum Gasteiger partial charge on any atom is 0.417 e. The fourth-order valence-corrected chi connectivity index (χ4v) is 4.68. The van der Waals surface area contributed by atoms with Crippen molar-refractivity contribution >= 4 is 39.4 Å². The van der Waals surface area contributed by atoms with Crippen LogP contribution in [0.2, 0.25) is 0 Å². The van der Waals surface area contributed by atoms with E-state index in [9.17, 15) is 18.4 Å². The van der Waals surface area contributed by atoms with E-state index in [1.165, 1.54) is 23.5 Å². The molecule has 0 fully saturated rings. The van der Waals surface area contributed by atoms with Crippen LogP contribution < -0.4 is 5.23 Å². The van der Waals surface area contributed by atoms with Gasteiger partial charge in [0.2, 0.25) is 0 Å². The summed E-state index contributed by atoms with van der Waals surface area (Å²) in [5, 5.41) is 28.9. The van der Waals surface area contributed by atoms with Gasteiger partial charge in [0.1, 0.15) is 16.1 Å². The topological polar surface area (TPSA) is 80.4 Å². The summed E-state index contributed by atoms with van der Waals surface area (Å²) in [6.45, 7) is 0. The molecule has 3 rings (SSSR count). The zero-order chi connectivity index (χ0) is 18.9. The molecular weight excluding hydrogens is 407 g/mol. The number of thiophene rings is 2. The zero-order valence-electron chi connectivity index (χ0n) is 12.6. The van der Waals surface area contributed by atoms with Crippen LogP contribution in [0.15, 0.2) is 44.9 Å². The molecule has 3 aromatic heterocycles. The van der Waals surface area contributed by atoms with E-state index >= 15 is 0 Å². The van der Waals surface area contributed by atoms with Crippen molar-refractivity contribution in [2.45, 2.75) is 15.4 Å². The Bertz CT molecular complexity index is 963. The first-order valence-electron chi connectivity index (χ1n) is 6.81. The Morgan fingerprint density at radius 3 is 2.54 bits per heavy atom. The minimum absolute atomic E-state index is 0.0801. The quantitative estimate of drug-likeness (QED) is 0.548. The second-order valence-electron chi connectivity index (χ2n) is 4.81. The molecule has 0 amide bonds. The molecule has 134 valence electrons. The number of anilines is 1. The van der Waals surface area contributed by atoms with Gasteiger partial charge in [0.25, 0.3) is 0 Å². The molecule has 0 aliphatic carbocycles. The highest BCUT2D eigenvalue weighted by Gasteiger charge is 2.36. The van der Waals surface area contributed by atoms with E-state index in [1.54, 1.807) is 23.6 Å². The molecule has 0 aliphatic heterocycles. The molecule has 0 aliphatic rings. The molecule has 2 N–H and O–H groups in total. The predicted octanol–water partition coefficient (Wildman–Crippen LogP) is 5.50. The molecule has 11 heteroatoms. The standard InChI is InChI=1S/C15H8F3N3O2S3/c16-15(17,18)9-6-10(11-2-1-5-24-11)20-14(8(9)7-19)26-13-4-3-12(25-13)21(22)23/h1-6,22-23H. The minimum Gasteiger partial charge on any atom is -0.263 e. The van der Waals surface area contributed by atoms with Crippen molar-refractivity contribution in [2.24, 2.45) is 0 Å². The second-order valence-corrected chi connectivity index (χ2v) is 8.11. The molecule has 0 aromatic carbocycles. The van der Waals surface area contributed by atoms with Crippen LogP contribution in [0.25, 0.3) is 10.6 Å². The number of nitrogens with zero attached hydrogens (tertiary/aromatic N) is 3. The zero-order valence-corrected chi connectivity index (χ0v) is 15.0. The van der Waals surface area contributed by atoms with Crippen LogP contribution in [0.4, 0.5) is 18.2 Å². The molecule has 0 unspecified atom stereocenters. The van der Waals surface area contributed by atoms with Crippen LogP contribution in [0.5, 0.6) is 0 Å². The van der Waals surface area contributed by atoms with Crippen molar-refractivity contribution in [3.05, 3.63) is 46.8 Å². The van der Waals surface area contributed by atoms with E-state index in [2.05, 4.69) is 4.98 Å². The van der Waals surface area contributed by atoms with Gasteiger partial charge in [-0.1, -0.05) is 17.8 Å². The van der Waals surface area contributed by atoms with Gasteiger partial charge in [0, 0.05) is 0 Å². The average molecular weight is 415 g/mol. The largest absolute Gasteiger partial charge is 0.417 e. The number of halogens is 3. The van der Waals surface area contributed by atoms with E-state index in [0.717, 1.165) is 29.2 Å². The Labute approximate surface area is 157 Å². The third-order valence-electron chi connectivity index (χ3n) is 3.14. The van der Waals surface area contributed by atoms with Crippen molar-refractivity contribution in [3.63, 3.8) is 0 Å². The highest BCUT2D eigenvalue weighted by atomic mass is 32.2. The molecule has 0 radical (unpaired) electrons. The van der Waals surface area contributed by atoms with E-state index < -0.39 is 17.3 Å². The van der Waals surface area contributed by atoms with E-state index in [0.29, 0.717) is 9.09 Å². The van der Waals surface area contributed by atoms with Gasteiger partial charge in [0.15, 0.2) is 0 Å². The summed E-state index contributed by atoms with van der Waals surface area (Å²) in [6, 6.07) is 8.68. The number of pyridine rings is 1. The van der Waals surface area contributed by atoms with Crippen LogP contribution >= 0.6 is 34.4 Å². The normalized spacial score (nSPS) is 11.4. The smallest absolute Gasteiger partial charge is 0.263 e. The van der Waals surface area contributed by atoms with Crippen LogP contribution in [0.1, 0.15) is 11.1 Å². The van der Waals surface area contributed by atoms with Crippen molar-refractivity contribution in [3.8, 4) is 16.6 Å². The van der Waals surface area contributed by atoms with Crippen molar-refractivity contribution in [2.75, 3.05) is 5.23 Å². The molecular formula is C15H8F3N3O2S3. The first kappa shape index (κ1) is 18.7. The van der Waals surface area contributed by atoms with Gasteiger partial charge in [-0.25, -0.2) is 4.98 Å². The Morgan fingerprint density at radius 2 is 2.00 bits per heavy atom. The summed E-state index contributed by atoms with van der Waals surface area (Å²) in [5.74, 6) is 0. The van der Waals surface area contributed by atoms with Gasteiger partial charge in [-0.3, -0.25) is 10.4 Å². The minimum atomic E-state index is -4.71. The lowest BCUT2D eigenvalue weighted by Crippen LogP contribution is -2.10. The Hall–Kier alpha value is -2.10. The van der Waals surface area contributed by atoms with Crippen LogP contribution in [-0.2, 0) is 6.18 Å². The second kappa shape index (κ2) is 7.26. The highest BCUT2D eigenvalue weighted by molar-refractivity contribution is 8.01. The van der Waals surface area contributed by atoms with Gasteiger partial charge in [-0.2, -0.15) is 18.4 Å². The molecule has 0 spiro atoms. The lowest BCUT2D eigenvalue weighted by atomic mass is 10.1. The molecule has 5 nitrogen and oxygen atoms in total. The molecule has 0 atom stereocenters. The van der Waals surface area contributed by atoms with E-state index in [4.69, 9.17) is 10.4 Å². The summed E-state index contributed by atoms with van der Waals surface area (Å²) < 4.78 is 40.7. The van der Waals surface area contributed by atoms with Gasteiger partial charge < -0.3 is 0 Å². The summed E-state index contributed by atoms with van der Waals surface area (Å²) in [5.41, 5.74) is -1.50. The molecule has 3 heterocycles. The summed E-state index contributed by atoms with van der Waals surface area (Å²) >= 11 is 3.03. The van der Waals surface area contributed by atoms with Crippen LogP contribution in [-0.4, -0.2) is 15.4 Å². The first-order valence-corrected chi connectivity index (χ1v) is 9.32. The molecule has 3 aromatic rings. The van der Waals surface area contributed by atoms with Gasteiger partial charge in [-0.15, -0.1) is 27.9 Å². The maximum absolute atomic E-state index is 13.4. The monoisotopic (exact) mass is 415 g/mol. The summed E-state index contributed by atoms with van der Waals surface area (Å²) in [6.07, 6.45) is -4.71. The van der Waals surface area contributed by atoms with Crippen molar-refractivity contribution in [1.29, 1.82) is 5.26 Å². The Kier molecular flexibility index (Phi) is 5.22. The van der Waals surface area contributed by atoms with E-state index in [1.807, 2.05) is 0 Å². The Balaban J connectivity index is 2.12. The van der Waals surface area contributed by atoms with Gasteiger partial charge in [-0.05, 0) is 29.6 Å². The van der Waals surface area contributed by atoms with E-state index in [-0.39, 0.29) is 20.9 Å². The highest BCUT2D eigenvalue weighted by Crippen LogP contribution is 2.42. The molecule has 0 saturated heterocycles. The SMILES string of the molecule is N#Cc1c(C(F)(F)F)cc(-c2cccs2)nc1Sc1ccc(N(O)O)s1. The number of rotatable bonds is 4.